The normalized spacial score (nSPS) is 13.1. The topological polar surface area (TPSA) is 62.3 Å². The number of rotatable bonds is 5. The third kappa shape index (κ3) is 4.07. The average molecular weight is 389 g/mol. The number of hydrogen-bond donors (Lipinski definition) is 1. The van der Waals surface area contributed by atoms with Gasteiger partial charge >= 0.3 is 0 Å². The molecule has 1 N–H and O–H groups in total. The minimum Gasteiger partial charge on any atom is -0.348 e. The van der Waals surface area contributed by atoms with Crippen LogP contribution in [0.5, 0.6) is 0 Å². The van der Waals surface area contributed by atoms with E-state index in [1.807, 2.05) is 48.5 Å². The number of anilines is 1. The summed E-state index contributed by atoms with van der Waals surface area (Å²) in [5.41, 5.74) is 3.32. The molecular formula is C22H19N3O2S. The summed E-state index contributed by atoms with van der Waals surface area (Å²) >= 11 is 1.51. The fourth-order valence-electron chi connectivity index (χ4n) is 3.07. The van der Waals surface area contributed by atoms with Gasteiger partial charge in [0.05, 0.1) is 18.0 Å². The molecule has 2 heterocycles. The highest BCUT2D eigenvalue weighted by atomic mass is 32.2. The Morgan fingerprint density at radius 2 is 1.89 bits per heavy atom. The van der Waals surface area contributed by atoms with Gasteiger partial charge in [-0.1, -0.05) is 36.4 Å². The molecule has 1 aliphatic rings. The van der Waals surface area contributed by atoms with Crippen LogP contribution in [-0.2, 0) is 17.9 Å². The van der Waals surface area contributed by atoms with Gasteiger partial charge < -0.3 is 10.2 Å². The molecule has 1 aromatic heterocycles. The number of nitrogens with one attached hydrogen (secondary N) is 1. The second-order valence-corrected chi connectivity index (χ2v) is 7.50. The molecule has 4 rings (SSSR count). The quantitative estimate of drug-likeness (QED) is 0.724. The third-order valence-corrected chi connectivity index (χ3v) is 5.57. The standard InChI is InChI=1S/C22H19N3O2S/c26-21-15-28-20-9-8-18(22(27)24-13-17-7-4-10-23-12-17)11-19(20)25(21)14-16-5-2-1-3-6-16/h1-12H,13-15H2,(H,24,27). The Hall–Kier alpha value is -3.12. The summed E-state index contributed by atoms with van der Waals surface area (Å²) in [5, 5.41) is 2.91. The fourth-order valence-corrected chi connectivity index (χ4v) is 3.99. The predicted octanol–water partition coefficient (Wildman–Crippen LogP) is 3.65. The summed E-state index contributed by atoms with van der Waals surface area (Å²) in [6.07, 6.45) is 3.43. The second-order valence-electron chi connectivity index (χ2n) is 6.48. The van der Waals surface area contributed by atoms with Crippen molar-refractivity contribution in [2.24, 2.45) is 0 Å². The van der Waals surface area contributed by atoms with E-state index in [0.29, 0.717) is 24.4 Å². The molecule has 3 aromatic rings. The van der Waals surface area contributed by atoms with E-state index in [1.54, 1.807) is 29.4 Å². The number of benzene rings is 2. The maximum absolute atomic E-state index is 12.6. The highest BCUT2D eigenvalue weighted by Gasteiger charge is 2.26. The molecule has 0 fully saturated rings. The van der Waals surface area contributed by atoms with Crippen LogP contribution >= 0.6 is 11.8 Å². The first-order chi connectivity index (χ1) is 13.7. The van der Waals surface area contributed by atoms with Crippen molar-refractivity contribution in [1.29, 1.82) is 0 Å². The molecule has 0 radical (unpaired) electrons. The summed E-state index contributed by atoms with van der Waals surface area (Å²) < 4.78 is 0. The van der Waals surface area contributed by atoms with Crippen molar-refractivity contribution in [3.8, 4) is 0 Å². The van der Waals surface area contributed by atoms with E-state index >= 15 is 0 Å². The Morgan fingerprint density at radius 1 is 1.07 bits per heavy atom. The van der Waals surface area contributed by atoms with E-state index in [0.717, 1.165) is 21.7 Å². The summed E-state index contributed by atoms with van der Waals surface area (Å²) in [5.74, 6) is 0.287. The average Bonchev–Trinajstić information content (AvgIpc) is 2.75. The van der Waals surface area contributed by atoms with Crippen LogP contribution in [0.2, 0.25) is 0 Å². The SMILES string of the molecule is O=C(NCc1cccnc1)c1ccc2c(c1)N(Cc1ccccc1)C(=O)CS2. The van der Waals surface area contributed by atoms with Gasteiger partial charge in [-0.25, -0.2) is 0 Å². The van der Waals surface area contributed by atoms with Gasteiger partial charge in [0.25, 0.3) is 5.91 Å². The first-order valence-corrected chi connectivity index (χ1v) is 9.97. The lowest BCUT2D eigenvalue weighted by Gasteiger charge is -2.29. The van der Waals surface area contributed by atoms with E-state index in [2.05, 4.69) is 10.3 Å². The lowest BCUT2D eigenvalue weighted by molar-refractivity contribution is -0.116. The minimum absolute atomic E-state index is 0.0503. The van der Waals surface area contributed by atoms with Gasteiger partial charge in [-0.15, -0.1) is 11.8 Å². The molecule has 6 heteroatoms. The number of hydrogen-bond acceptors (Lipinski definition) is 4. The highest BCUT2D eigenvalue weighted by molar-refractivity contribution is 8.00. The Bertz CT molecular complexity index is 993. The summed E-state index contributed by atoms with van der Waals surface area (Å²) in [4.78, 5) is 32.0. The molecule has 0 atom stereocenters. The van der Waals surface area contributed by atoms with Crippen molar-refractivity contribution in [1.82, 2.24) is 10.3 Å². The number of fused-ring (bicyclic) bond motifs is 1. The second kappa shape index (κ2) is 8.27. The van der Waals surface area contributed by atoms with Crippen molar-refractivity contribution in [3.05, 3.63) is 89.7 Å². The van der Waals surface area contributed by atoms with Gasteiger partial charge in [-0.05, 0) is 35.4 Å². The molecule has 0 saturated carbocycles. The lowest BCUT2D eigenvalue weighted by atomic mass is 10.1. The summed E-state index contributed by atoms with van der Waals surface area (Å²) in [7, 11) is 0. The molecular weight excluding hydrogens is 370 g/mol. The van der Waals surface area contributed by atoms with Crippen LogP contribution < -0.4 is 10.2 Å². The van der Waals surface area contributed by atoms with Crippen LogP contribution in [0.3, 0.4) is 0 Å². The van der Waals surface area contributed by atoms with Crippen molar-refractivity contribution in [2.45, 2.75) is 18.0 Å². The fraction of sp³-hybridized carbons (Fsp3) is 0.136. The lowest BCUT2D eigenvalue weighted by Crippen LogP contribution is -2.35. The first-order valence-electron chi connectivity index (χ1n) is 8.99. The van der Waals surface area contributed by atoms with Crippen molar-refractivity contribution in [3.63, 3.8) is 0 Å². The van der Waals surface area contributed by atoms with Crippen LogP contribution in [-0.4, -0.2) is 22.6 Å². The van der Waals surface area contributed by atoms with Crippen molar-refractivity contribution >= 4 is 29.3 Å². The summed E-state index contributed by atoms with van der Waals surface area (Å²) in [6.45, 7) is 0.902. The van der Waals surface area contributed by atoms with Gasteiger partial charge in [0.15, 0.2) is 0 Å². The minimum atomic E-state index is -0.172. The van der Waals surface area contributed by atoms with E-state index in [1.165, 1.54) is 11.8 Å². The van der Waals surface area contributed by atoms with Gasteiger partial charge in [0.1, 0.15) is 0 Å². The molecule has 1 aliphatic heterocycles. The zero-order valence-electron chi connectivity index (χ0n) is 15.2. The Labute approximate surface area is 167 Å². The number of amides is 2. The van der Waals surface area contributed by atoms with Crippen LogP contribution in [0.15, 0.2) is 78.0 Å². The molecule has 5 nitrogen and oxygen atoms in total. The molecule has 140 valence electrons. The molecule has 2 amide bonds. The zero-order chi connectivity index (χ0) is 19.3. The highest BCUT2D eigenvalue weighted by Crippen LogP contribution is 2.36. The third-order valence-electron chi connectivity index (χ3n) is 4.52. The Morgan fingerprint density at radius 3 is 2.68 bits per heavy atom. The molecule has 28 heavy (non-hydrogen) atoms. The van der Waals surface area contributed by atoms with Gasteiger partial charge in [0.2, 0.25) is 5.91 Å². The van der Waals surface area contributed by atoms with E-state index in [-0.39, 0.29) is 11.8 Å². The van der Waals surface area contributed by atoms with Crippen LogP contribution in [0, 0.1) is 0 Å². The Balaban J connectivity index is 1.55. The van der Waals surface area contributed by atoms with E-state index < -0.39 is 0 Å². The molecule has 0 spiro atoms. The molecule has 0 bridgehead atoms. The smallest absolute Gasteiger partial charge is 0.251 e. The first kappa shape index (κ1) is 18.3. The number of pyridine rings is 1. The number of aromatic nitrogens is 1. The van der Waals surface area contributed by atoms with Crippen LogP contribution in [0.4, 0.5) is 5.69 Å². The van der Waals surface area contributed by atoms with Crippen LogP contribution in [0.25, 0.3) is 0 Å². The van der Waals surface area contributed by atoms with E-state index in [4.69, 9.17) is 0 Å². The van der Waals surface area contributed by atoms with Gasteiger partial charge in [-0.3, -0.25) is 14.6 Å². The predicted molar refractivity (Wildman–Crippen MR) is 110 cm³/mol. The summed E-state index contributed by atoms with van der Waals surface area (Å²) in [6, 6.07) is 19.2. The monoisotopic (exact) mass is 389 g/mol. The van der Waals surface area contributed by atoms with E-state index in [9.17, 15) is 9.59 Å². The zero-order valence-corrected chi connectivity index (χ0v) is 16.0. The molecule has 0 unspecified atom stereocenters. The number of nitrogens with zero attached hydrogens (tertiary/aromatic N) is 2. The van der Waals surface area contributed by atoms with Gasteiger partial charge in [0, 0.05) is 29.4 Å². The number of carbonyl (C=O) groups is 2. The molecule has 2 aromatic carbocycles. The molecule has 0 saturated heterocycles. The van der Waals surface area contributed by atoms with Crippen LogP contribution in [0.1, 0.15) is 21.5 Å². The maximum Gasteiger partial charge on any atom is 0.251 e. The largest absolute Gasteiger partial charge is 0.348 e. The number of thioether (sulfide) groups is 1. The number of carbonyl (C=O) groups excluding carboxylic acids is 2. The van der Waals surface area contributed by atoms with Crippen molar-refractivity contribution in [2.75, 3.05) is 10.7 Å². The van der Waals surface area contributed by atoms with Gasteiger partial charge in [-0.2, -0.15) is 0 Å². The van der Waals surface area contributed by atoms with Crippen molar-refractivity contribution < 1.29 is 9.59 Å². The maximum atomic E-state index is 12.6. The molecule has 0 aliphatic carbocycles. The Kier molecular flexibility index (Phi) is 5.39.